The number of rotatable bonds is 6. The number of anilines is 1. The van der Waals surface area contributed by atoms with Gasteiger partial charge in [-0.3, -0.25) is 4.79 Å². The van der Waals surface area contributed by atoms with E-state index in [1.807, 2.05) is 49.9 Å². The molecule has 2 aromatic rings. The largest absolute Gasteiger partial charge is 0.454 e. The number of aromatic nitrogens is 1. The Morgan fingerprint density at radius 2 is 1.97 bits per heavy atom. The SMILES string of the molecule is CC(C)C(=O)N(Cc1cc2cc3c(cc2nc1N(C)C)OCO3)CC1CCCO1. The van der Waals surface area contributed by atoms with Crippen LogP contribution in [0.5, 0.6) is 11.5 Å². The molecule has 1 amide bonds. The fourth-order valence-electron chi connectivity index (χ4n) is 3.94. The Bertz CT molecular complexity index is 907. The Balaban J connectivity index is 1.70. The number of amides is 1. The molecule has 156 valence electrons. The number of fused-ring (bicyclic) bond motifs is 2. The van der Waals surface area contributed by atoms with Gasteiger partial charge in [0, 0.05) is 56.7 Å². The van der Waals surface area contributed by atoms with Crippen molar-refractivity contribution in [1.82, 2.24) is 9.88 Å². The number of nitrogens with zero attached hydrogens (tertiary/aromatic N) is 3. The lowest BCUT2D eigenvalue weighted by atomic mass is 10.1. The molecule has 0 saturated carbocycles. The Morgan fingerprint density at radius 1 is 1.21 bits per heavy atom. The summed E-state index contributed by atoms with van der Waals surface area (Å²) in [6.07, 6.45) is 2.17. The second-order valence-corrected chi connectivity index (χ2v) is 8.27. The molecule has 3 heterocycles. The van der Waals surface area contributed by atoms with Gasteiger partial charge in [0.25, 0.3) is 0 Å². The van der Waals surface area contributed by atoms with Crippen LogP contribution in [0.25, 0.3) is 10.9 Å². The van der Waals surface area contributed by atoms with E-state index in [1.54, 1.807) is 0 Å². The Morgan fingerprint density at radius 3 is 2.62 bits per heavy atom. The highest BCUT2D eigenvalue weighted by atomic mass is 16.7. The first-order valence-corrected chi connectivity index (χ1v) is 10.2. The molecule has 0 N–H and O–H groups in total. The van der Waals surface area contributed by atoms with Gasteiger partial charge in [-0.15, -0.1) is 0 Å². The molecule has 7 nitrogen and oxygen atoms in total. The van der Waals surface area contributed by atoms with Crippen LogP contribution >= 0.6 is 0 Å². The summed E-state index contributed by atoms with van der Waals surface area (Å²) in [5.74, 6) is 2.37. The van der Waals surface area contributed by atoms with Crippen molar-refractivity contribution in [3.05, 3.63) is 23.8 Å². The van der Waals surface area contributed by atoms with Gasteiger partial charge >= 0.3 is 0 Å². The maximum atomic E-state index is 12.9. The molecule has 2 aliphatic rings. The first kappa shape index (κ1) is 19.8. The van der Waals surface area contributed by atoms with Gasteiger partial charge in [0.1, 0.15) is 5.82 Å². The minimum atomic E-state index is -0.0681. The van der Waals surface area contributed by atoms with Crippen LogP contribution in [0.4, 0.5) is 5.82 Å². The minimum Gasteiger partial charge on any atom is -0.454 e. The third-order valence-corrected chi connectivity index (χ3v) is 5.40. The molecule has 4 rings (SSSR count). The highest BCUT2D eigenvalue weighted by molar-refractivity contribution is 5.86. The van der Waals surface area contributed by atoms with Crippen molar-refractivity contribution in [3.63, 3.8) is 0 Å². The van der Waals surface area contributed by atoms with Crippen molar-refractivity contribution in [2.75, 3.05) is 38.9 Å². The van der Waals surface area contributed by atoms with E-state index in [2.05, 4.69) is 6.07 Å². The van der Waals surface area contributed by atoms with Crippen LogP contribution < -0.4 is 14.4 Å². The normalized spacial score (nSPS) is 17.9. The van der Waals surface area contributed by atoms with Gasteiger partial charge in [0.15, 0.2) is 11.5 Å². The van der Waals surface area contributed by atoms with Crippen LogP contribution in [0, 0.1) is 5.92 Å². The zero-order chi connectivity index (χ0) is 20.5. The van der Waals surface area contributed by atoms with E-state index in [4.69, 9.17) is 19.2 Å². The predicted octanol–water partition coefficient (Wildman–Crippen LogP) is 3.19. The summed E-state index contributed by atoms with van der Waals surface area (Å²) >= 11 is 0. The number of hydrogen-bond donors (Lipinski definition) is 0. The molecule has 0 radical (unpaired) electrons. The van der Waals surface area contributed by atoms with Gasteiger partial charge in [0.2, 0.25) is 12.7 Å². The summed E-state index contributed by atoms with van der Waals surface area (Å²) in [5.41, 5.74) is 1.86. The average Bonchev–Trinajstić information content (AvgIpc) is 3.35. The molecule has 0 spiro atoms. The van der Waals surface area contributed by atoms with E-state index in [0.717, 1.165) is 53.2 Å². The van der Waals surface area contributed by atoms with E-state index >= 15 is 0 Å². The average molecular weight is 399 g/mol. The lowest BCUT2D eigenvalue weighted by Gasteiger charge is -2.29. The Hall–Kier alpha value is -2.54. The summed E-state index contributed by atoms with van der Waals surface area (Å²) in [6.45, 7) is 6.01. The minimum absolute atomic E-state index is 0.0681. The predicted molar refractivity (Wildman–Crippen MR) is 111 cm³/mol. The number of carbonyl (C=O) groups excluding carboxylic acids is 1. The smallest absolute Gasteiger partial charge is 0.231 e. The second kappa shape index (κ2) is 8.06. The van der Waals surface area contributed by atoms with Crippen molar-refractivity contribution in [1.29, 1.82) is 0 Å². The summed E-state index contributed by atoms with van der Waals surface area (Å²) < 4.78 is 16.8. The quantitative estimate of drug-likeness (QED) is 0.743. The lowest BCUT2D eigenvalue weighted by Crippen LogP contribution is -2.39. The molecule has 0 aliphatic carbocycles. The van der Waals surface area contributed by atoms with E-state index in [-0.39, 0.29) is 24.7 Å². The molecule has 0 bridgehead atoms. The molecule has 1 aromatic carbocycles. The van der Waals surface area contributed by atoms with Gasteiger partial charge in [-0.05, 0) is 25.0 Å². The molecule has 1 unspecified atom stereocenters. The summed E-state index contributed by atoms with van der Waals surface area (Å²) in [4.78, 5) is 21.7. The molecular formula is C22H29N3O4. The van der Waals surface area contributed by atoms with Crippen LogP contribution in [0.3, 0.4) is 0 Å². The van der Waals surface area contributed by atoms with Gasteiger partial charge in [-0.1, -0.05) is 13.8 Å². The fourth-order valence-corrected chi connectivity index (χ4v) is 3.94. The molecule has 29 heavy (non-hydrogen) atoms. The maximum Gasteiger partial charge on any atom is 0.231 e. The molecule has 1 aromatic heterocycles. The first-order chi connectivity index (χ1) is 13.9. The molecule has 2 aliphatic heterocycles. The number of pyridine rings is 1. The van der Waals surface area contributed by atoms with Crippen LogP contribution in [0.1, 0.15) is 32.3 Å². The highest BCUT2D eigenvalue weighted by Gasteiger charge is 2.26. The number of ether oxygens (including phenoxy) is 3. The summed E-state index contributed by atoms with van der Waals surface area (Å²) in [7, 11) is 3.94. The Labute approximate surface area is 171 Å². The van der Waals surface area contributed by atoms with Crippen molar-refractivity contribution >= 4 is 22.6 Å². The zero-order valence-electron chi connectivity index (χ0n) is 17.6. The fraction of sp³-hybridized carbons (Fsp3) is 0.545. The molecule has 1 saturated heterocycles. The van der Waals surface area contributed by atoms with Gasteiger partial charge in [0.05, 0.1) is 11.6 Å². The van der Waals surface area contributed by atoms with Crippen LogP contribution in [0.2, 0.25) is 0 Å². The number of benzene rings is 1. The van der Waals surface area contributed by atoms with Gasteiger partial charge in [-0.2, -0.15) is 0 Å². The van der Waals surface area contributed by atoms with Crippen molar-refractivity contribution in [3.8, 4) is 11.5 Å². The number of carbonyl (C=O) groups is 1. The standard InChI is InChI=1S/C22H29N3O4/c1-14(2)22(26)25(12-17-6-5-7-27-17)11-16-8-15-9-19-20(29-13-28-19)10-18(15)23-21(16)24(3)4/h8-10,14,17H,5-7,11-13H2,1-4H3. The number of hydrogen-bond acceptors (Lipinski definition) is 6. The van der Waals surface area contributed by atoms with Crippen molar-refractivity contribution < 1.29 is 19.0 Å². The van der Waals surface area contributed by atoms with E-state index in [9.17, 15) is 4.79 Å². The lowest BCUT2D eigenvalue weighted by molar-refractivity contribution is -0.136. The van der Waals surface area contributed by atoms with Crippen molar-refractivity contribution in [2.45, 2.75) is 39.3 Å². The highest BCUT2D eigenvalue weighted by Crippen LogP contribution is 2.37. The molecular weight excluding hydrogens is 370 g/mol. The van der Waals surface area contributed by atoms with E-state index in [1.165, 1.54) is 0 Å². The maximum absolute atomic E-state index is 12.9. The van der Waals surface area contributed by atoms with Crippen LogP contribution in [-0.2, 0) is 16.1 Å². The summed E-state index contributed by atoms with van der Waals surface area (Å²) in [6, 6.07) is 5.98. The first-order valence-electron chi connectivity index (χ1n) is 10.2. The molecule has 1 fully saturated rings. The molecule has 7 heteroatoms. The third kappa shape index (κ3) is 4.10. The zero-order valence-corrected chi connectivity index (χ0v) is 17.6. The monoisotopic (exact) mass is 399 g/mol. The van der Waals surface area contributed by atoms with Crippen molar-refractivity contribution in [2.24, 2.45) is 5.92 Å². The topological polar surface area (TPSA) is 64.1 Å². The van der Waals surface area contributed by atoms with Crippen LogP contribution in [-0.4, -0.2) is 55.9 Å². The molecule has 1 atom stereocenters. The van der Waals surface area contributed by atoms with E-state index < -0.39 is 0 Å². The summed E-state index contributed by atoms with van der Waals surface area (Å²) in [5, 5.41) is 0.976. The van der Waals surface area contributed by atoms with E-state index in [0.29, 0.717) is 13.1 Å². The third-order valence-electron chi connectivity index (χ3n) is 5.40. The van der Waals surface area contributed by atoms with Crippen LogP contribution in [0.15, 0.2) is 18.2 Å². The Kier molecular flexibility index (Phi) is 5.50. The second-order valence-electron chi connectivity index (χ2n) is 8.27. The van der Waals surface area contributed by atoms with Gasteiger partial charge < -0.3 is 24.0 Å². The van der Waals surface area contributed by atoms with Gasteiger partial charge in [-0.25, -0.2) is 4.98 Å².